The highest BCUT2D eigenvalue weighted by Gasteiger charge is 2.22. The number of aromatic hydroxyl groups is 1. The Balaban J connectivity index is 2.15. The topological polar surface area (TPSA) is 127 Å². The molecule has 2 aromatic rings. The van der Waals surface area contributed by atoms with E-state index in [9.17, 15) is 27.7 Å². The molecule has 0 aromatic heterocycles. The molecule has 156 valence electrons. The van der Waals surface area contributed by atoms with Crippen molar-refractivity contribution in [3.8, 4) is 11.5 Å². The number of esters is 2. The first-order valence-corrected chi connectivity index (χ1v) is 10.9. The quantitative estimate of drug-likeness (QED) is 0.250. The second-order valence-corrected chi connectivity index (χ2v) is 9.02. The summed E-state index contributed by atoms with van der Waals surface area (Å²) in [6, 6.07) is 7.09. The zero-order valence-electron chi connectivity index (χ0n) is 15.8. The number of hydrogen-bond acceptors (Lipinski definition) is 7. The smallest absolute Gasteiger partial charge is 0.349 e. The molecule has 0 fully saturated rings. The van der Waals surface area contributed by atoms with Crippen molar-refractivity contribution >= 4 is 44.6 Å². The van der Waals surface area contributed by atoms with Crippen molar-refractivity contribution in [2.24, 2.45) is 0 Å². The third-order valence-electron chi connectivity index (χ3n) is 3.96. The minimum atomic E-state index is -4.44. The molecule has 0 amide bonds. The maximum atomic E-state index is 12.1. The Bertz CT molecular complexity index is 1060. The fraction of sp³-hybridized carbons (Fsp3) is 0.263. The number of benzene rings is 2. The van der Waals surface area contributed by atoms with E-state index in [1.54, 1.807) is 26.0 Å². The average molecular weight is 534 g/mol. The van der Waals surface area contributed by atoms with E-state index in [0.717, 1.165) is 0 Å². The first-order chi connectivity index (χ1) is 13.4. The van der Waals surface area contributed by atoms with Crippen LogP contribution in [0.25, 0.3) is 0 Å². The molecule has 0 aliphatic heterocycles. The summed E-state index contributed by atoms with van der Waals surface area (Å²) in [5.74, 6) is -2.21. The van der Waals surface area contributed by atoms with Crippen LogP contribution in [0.1, 0.15) is 41.3 Å². The predicted octanol–water partition coefficient (Wildman–Crippen LogP) is 3.44. The number of ether oxygens (including phenoxy) is 2. The molecule has 0 unspecified atom stereocenters. The molecule has 0 saturated carbocycles. The van der Waals surface area contributed by atoms with Gasteiger partial charge in [-0.2, -0.15) is 8.42 Å². The second-order valence-electron chi connectivity index (χ2n) is 6.47. The lowest BCUT2D eigenvalue weighted by molar-refractivity contribution is -0.137. The number of phenolic OH excluding ortho intramolecular Hbond substituents is 1. The highest BCUT2D eigenvalue weighted by Crippen LogP contribution is 2.31. The molecule has 2 N–H and O–H groups in total. The Morgan fingerprint density at radius 1 is 1.21 bits per heavy atom. The predicted molar refractivity (Wildman–Crippen MR) is 112 cm³/mol. The number of carbonyl (C=O) groups excluding carboxylic acids is 2. The Hall–Kier alpha value is -2.18. The van der Waals surface area contributed by atoms with Gasteiger partial charge in [0.1, 0.15) is 17.1 Å². The highest BCUT2D eigenvalue weighted by molar-refractivity contribution is 14.1. The number of halogens is 1. The largest absolute Gasteiger partial charge is 0.506 e. The van der Waals surface area contributed by atoms with E-state index in [2.05, 4.69) is 0 Å². The zero-order chi connectivity index (χ0) is 21.9. The molecule has 0 bridgehead atoms. The van der Waals surface area contributed by atoms with Gasteiger partial charge in [0.25, 0.3) is 10.1 Å². The lowest BCUT2D eigenvalue weighted by Crippen LogP contribution is -2.19. The molecule has 0 aliphatic rings. The van der Waals surface area contributed by atoms with Crippen LogP contribution >= 0.6 is 22.6 Å². The molecule has 0 heterocycles. The van der Waals surface area contributed by atoms with Crippen molar-refractivity contribution in [2.45, 2.75) is 31.6 Å². The van der Waals surface area contributed by atoms with Crippen LogP contribution in [-0.2, 0) is 19.6 Å². The van der Waals surface area contributed by atoms with Crippen LogP contribution in [0, 0.1) is 10.5 Å². The number of para-hydroxylation sites is 1. The maximum absolute atomic E-state index is 12.1. The van der Waals surface area contributed by atoms with E-state index < -0.39 is 28.7 Å². The molecule has 29 heavy (non-hydrogen) atoms. The van der Waals surface area contributed by atoms with Crippen LogP contribution in [0.5, 0.6) is 11.5 Å². The van der Waals surface area contributed by atoms with Crippen LogP contribution in [0.4, 0.5) is 0 Å². The molecular formula is C19H19IO8S. The number of hydrogen-bond donors (Lipinski definition) is 2. The Kier molecular flexibility index (Phi) is 7.25. The van der Waals surface area contributed by atoms with Crippen LogP contribution in [0.3, 0.4) is 0 Å². The Morgan fingerprint density at radius 3 is 2.45 bits per heavy atom. The minimum absolute atomic E-state index is 0.0826. The van der Waals surface area contributed by atoms with E-state index in [-0.39, 0.29) is 33.4 Å². The van der Waals surface area contributed by atoms with E-state index in [1.807, 2.05) is 22.6 Å². The molecule has 0 aliphatic carbocycles. The standard InChI is InChI=1S/C19H19IO8S/c1-10(2)13-8-15(11(3)7-16(13)29(24,25)26)28-17(21)9-27-19(23)12-5-4-6-14(20)18(12)22/h4-8,10,22H,9H2,1-3H3,(H,24,25,26). The van der Waals surface area contributed by atoms with Gasteiger partial charge in [-0.15, -0.1) is 0 Å². The Morgan fingerprint density at radius 2 is 1.86 bits per heavy atom. The Labute approximate surface area is 181 Å². The first-order valence-electron chi connectivity index (χ1n) is 8.39. The third-order valence-corrected chi connectivity index (χ3v) is 5.74. The van der Waals surface area contributed by atoms with Crippen LogP contribution in [0.2, 0.25) is 0 Å². The average Bonchev–Trinajstić information content (AvgIpc) is 2.62. The summed E-state index contributed by atoms with van der Waals surface area (Å²) in [6.45, 7) is 4.25. The van der Waals surface area contributed by atoms with Gasteiger partial charge in [-0.05, 0) is 70.8 Å². The van der Waals surface area contributed by atoms with Crippen LogP contribution in [0.15, 0.2) is 35.2 Å². The van der Waals surface area contributed by atoms with Gasteiger partial charge in [-0.3, -0.25) is 4.55 Å². The van der Waals surface area contributed by atoms with Gasteiger partial charge >= 0.3 is 11.9 Å². The van der Waals surface area contributed by atoms with Gasteiger partial charge in [-0.25, -0.2) is 9.59 Å². The van der Waals surface area contributed by atoms with Gasteiger partial charge < -0.3 is 14.6 Å². The molecule has 0 saturated heterocycles. The maximum Gasteiger partial charge on any atom is 0.349 e. The fourth-order valence-electron chi connectivity index (χ4n) is 2.50. The van der Waals surface area contributed by atoms with Crippen molar-refractivity contribution in [1.82, 2.24) is 0 Å². The summed E-state index contributed by atoms with van der Waals surface area (Å²) >= 11 is 1.85. The molecule has 8 nitrogen and oxygen atoms in total. The first kappa shape index (κ1) is 23.1. The summed E-state index contributed by atoms with van der Waals surface area (Å²) in [6.07, 6.45) is 0. The van der Waals surface area contributed by atoms with Crippen molar-refractivity contribution in [3.63, 3.8) is 0 Å². The molecule has 0 atom stereocenters. The third kappa shape index (κ3) is 5.67. The molecule has 10 heteroatoms. The van der Waals surface area contributed by atoms with Gasteiger partial charge in [0, 0.05) is 0 Å². The summed E-state index contributed by atoms with van der Waals surface area (Å²) in [5, 5.41) is 9.88. The van der Waals surface area contributed by atoms with Gasteiger partial charge in [0.05, 0.1) is 8.47 Å². The van der Waals surface area contributed by atoms with Gasteiger partial charge in [0.2, 0.25) is 0 Å². The second kappa shape index (κ2) is 9.09. The number of rotatable bonds is 6. The zero-order valence-corrected chi connectivity index (χ0v) is 18.8. The van der Waals surface area contributed by atoms with E-state index in [0.29, 0.717) is 9.13 Å². The van der Waals surface area contributed by atoms with Crippen molar-refractivity contribution in [2.75, 3.05) is 6.61 Å². The monoisotopic (exact) mass is 534 g/mol. The van der Waals surface area contributed by atoms with Crippen molar-refractivity contribution in [3.05, 3.63) is 50.6 Å². The van der Waals surface area contributed by atoms with Gasteiger partial charge in [-0.1, -0.05) is 19.9 Å². The van der Waals surface area contributed by atoms with E-state index >= 15 is 0 Å². The minimum Gasteiger partial charge on any atom is -0.506 e. The normalized spacial score (nSPS) is 11.4. The van der Waals surface area contributed by atoms with Gasteiger partial charge in [0.15, 0.2) is 6.61 Å². The summed E-state index contributed by atoms with van der Waals surface area (Å²) in [4.78, 5) is 23.9. The number of carbonyl (C=O) groups is 2. The number of phenols is 1. The highest BCUT2D eigenvalue weighted by atomic mass is 127. The molecule has 2 rings (SSSR count). The fourth-order valence-corrected chi connectivity index (χ4v) is 3.91. The van der Waals surface area contributed by atoms with Crippen LogP contribution in [-0.4, -0.2) is 36.6 Å². The molecular weight excluding hydrogens is 515 g/mol. The van der Waals surface area contributed by atoms with Crippen LogP contribution < -0.4 is 4.74 Å². The SMILES string of the molecule is Cc1cc(S(=O)(=O)O)c(C(C)C)cc1OC(=O)COC(=O)c1cccc(I)c1O. The van der Waals surface area contributed by atoms with Crippen molar-refractivity contribution < 1.29 is 37.1 Å². The summed E-state index contributed by atoms with van der Waals surface area (Å²) in [7, 11) is -4.44. The lowest BCUT2D eigenvalue weighted by Gasteiger charge is -2.15. The summed E-state index contributed by atoms with van der Waals surface area (Å²) < 4.78 is 43.1. The molecule has 2 aromatic carbocycles. The molecule has 0 spiro atoms. The molecule has 0 radical (unpaired) electrons. The van der Waals surface area contributed by atoms with E-state index in [1.165, 1.54) is 25.1 Å². The van der Waals surface area contributed by atoms with Crippen molar-refractivity contribution in [1.29, 1.82) is 0 Å². The summed E-state index contributed by atoms with van der Waals surface area (Å²) in [5.41, 5.74) is 0.499. The van der Waals surface area contributed by atoms with E-state index in [4.69, 9.17) is 9.47 Å². The number of aryl methyl sites for hydroxylation is 1. The lowest BCUT2D eigenvalue weighted by atomic mass is 10.0.